The molecule has 1 amide bonds. The van der Waals surface area contributed by atoms with Gasteiger partial charge in [-0.2, -0.15) is 5.10 Å². The zero-order valence-electron chi connectivity index (χ0n) is 16.7. The predicted octanol–water partition coefficient (Wildman–Crippen LogP) is 4.76. The smallest absolute Gasteiger partial charge is 0.255 e. The van der Waals surface area contributed by atoms with Crippen LogP contribution in [0.5, 0.6) is 0 Å². The Bertz CT molecular complexity index is 1190. The van der Waals surface area contributed by atoms with E-state index in [9.17, 15) is 4.79 Å². The van der Waals surface area contributed by atoms with Crippen LogP contribution in [0.15, 0.2) is 48.1 Å². The van der Waals surface area contributed by atoms with E-state index in [4.69, 9.17) is 4.98 Å². The summed E-state index contributed by atoms with van der Waals surface area (Å²) in [6, 6.07) is 10.3. The number of amides is 1. The quantitative estimate of drug-likeness (QED) is 0.494. The van der Waals surface area contributed by atoms with E-state index in [0.29, 0.717) is 12.1 Å². The van der Waals surface area contributed by atoms with Crippen LogP contribution in [0.3, 0.4) is 0 Å². The summed E-state index contributed by atoms with van der Waals surface area (Å²) in [5, 5.41) is 7.38. The molecule has 0 unspecified atom stereocenters. The lowest BCUT2D eigenvalue weighted by Gasteiger charge is -2.35. The van der Waals surface area contributed by atoms with Gasteiger partial charge in [-0.05, 0) is 50.4 Å². The molecule has 0 aromatic carbocycles. The van der Waals surface area contributed by atoms with Crippen molar-refractivity contribution in [3.63, 3.8) is 0 Å². The summed E-state index contributed by atoms with van der Waals surface area (Å²) in [6.45, 7) is 7.76. The fraction of sp³-hybridized carbons (Fsp3) is 0.318. The monoisotopic (exact) mass is 405 g/mol. The van der Waals surface area contributed by atoms with Crippen molar-refractivity contribution < 1.29 is 4.79 Å². The number of nitrogens with zero attached hydrogens (tertiary/aromatic N) is 5. The van der Waals surface area contributed by atoms with Gasteiger partial charge in [0.1, 0.15) is 0 Å². The first-order valence-corrected chi connectivity index (χ1v) is 10.8. The van der Waals surface area contributed by atoms with Gasteiger partial charge < -0.3 is 9.47 Å². The summed E-state index contributed by atoms with van der Waals surface area (Å²) in [5.74, 6) is 0.0402. The molecule has 6 nitrogen and oxygen atoms in total. The van der Waals surface area contributed by atoms with Gasteiger partial charge in [-0.3, -0.25) is 4.79 Å². The van der Waals surface area contributed by atoms with Gasteiger partial charge in [-0.15, -0.1) is 11.3 Å². The van der Waals surface area contributed by atoms with Crippen LogP contribution in [-0.4, -0.2) is 36.7 Å². The Kier molecular flexibility index (Phi) is 4.28. The molecule has 0 saturated carbocycles. The van der Waals surface area contributed by atoms with Gasteiger partial charge in [0.15, 0.2) is 5.65 Å². The van der Waals surface area contributed by atoms with Crippen LogP contribution < -0.4 is 0 Å². The number of pyridine rings is 1. The Labute approximate surface area is 173 Å². The molecule has 0 saturated heterocycles. The third-order valence-corrected chi connectivity index (χ3v) is 6.56. The van der Waals surface area contributed by atoms with Crippen molar-refractivity contribution >= 4 is 28.3 Å². The molecule has 0 spiro atoms. The standard InChI is InChI=1S/C22H23N5OS/c1-14(2)27-21-17(13-23-27)16(12-18(24-21)20-7-5-11-29-20)22(28)26-10-9-25-8-4-6-19(25)15(26)3/h4-8,11-15H,9-10H2,1-3H3/t15-/m1/s1. The third-order valence-electron chi connectivity index (χ3n) is 5.66. The van der Waals surface area contributed by atoms with Gasteiger partial charge in [0.25, 0.3) is 5.91 Å². The van der Waals surface area contributed by atoms with Gasteiger partial charge >= 0.3 is 0 Å². The van der Waals surface area contributed by atoms with Crippen LogP contribution in [0.4, 0.5) is 0 Å². The number of fused-ring (bicyclic) bond motifs is 2. The second kappa shape index (κ2) is 6.84. The van der Waals surface area contributed by atoms with Crippen molar-refractivity contribution in [2.75, 3.05) is 6.54 Å². The Morgan fingerprint density at radius 2 is 2.10 bits per heavy atom. The van der Waals surface area contributed by atoms with Crippen LogP contribution >= 0.6 is 11.3 Å². The number of hydrogen-bond acceptors (Lipinski definition) is 4. The Balaban J connectivity index is 1.65. The minimum absolute atomic E-state index is 0.0276. The molecule has 0 aliphatic carbocycles. The maximum Gasteiger partial charge on any atom is 0.255 e. The molecule has 148 valence electrons. The second-order valence-electron chi connectivity index (χ2n) is 7.75. The van der Waals surface area contributed by atoms with E-state index in [-0.39, 0.29) is 18.0 Å². The molecule has 5 heterocycles. The number of aromatic nitrogens is 4. The second-order valence-corrected chi connectivity index (χ2v) is 8.70. The minimum atomic E-state index is 0.0276. The number of carbonyl (C=O) groups is 1. The van der Waals surface area contributed by atoms with Gasteiger partial charge in [-0.25, -0.2) is 9.67 Å². The average Bonchev–Trinajstić information content (AvgIpc) is 3.46. The first-order valence-electron chi connectivity index (χ1n) is 9.92. The van der Waals surface area contributed by atoms with E-state index in [0.717, 1.165) is 28.1 Å². The molecule has 5 rings (SSSR count). The van der Waals surface area contributed by atoms with E-state index < -0.39 is 0 Å². The zero-order valence-corrected chi connectivity index (χ0v) is 17.6. The molecule has 7 heteroatoms. The highest BCUT2D eigenvalue weighted by molar-refractivity contribution is 7.13. The van der Waals surface area contributed by atoms with Crippen LogP contribution in [0.25, 0.3) is 21.6 Å². The molecule has 4 aromatic heterocycles. The fourth-order valence-corrected chi connectivity index (χ4v) is 4.82. The minimum Gasteiger partial charge on any atom is -0.348 e. The molecule has 1 aliphatic rings. The number of hydrogen-bond donors (Lipinski definition) is 0. The summed E-state index contributed by atoms with van der Waals surface area (Å²) in [7, 11) is 0. The molecule has 0 radical (unpaired) electrons. The summed E-state index contributed by atoms with van der Waals surface area (Å²) >= 11 is 1.63. The Hall–Kier alpha value is -2.93. The molecular formula is C22H23N5OS. The van der Waals surface area contributed by atoms with Crippen molar-refractivity contribution in [2.24, 2.45) is 0 Å². The van der Waals surface area contributed by atoms with E-state index in [1.165, 1.54) is 5.69 Å². The van der Waals surface area contributed by atoms with Crippen molar-refractivity contribution in [3.8, 4) is 10.6 Å². The van der Waals surface area contributed by atoms with E-state index in [2.05, 4.69) is 42.7 Å². The lowest BCUT2D eigenvalue weighted by Crippen LogP contribution is -2.40. The van der Waals surface area contributed by atoms with E-state index in [1.807, 2.05) is 39.2 Å². The largest absolute Gasteiger partial charge is 0.348 e. The van der Waals surface area contributed by atoms with E-state index >= 15 is 0 Å². The van der Waals surface area contributed by atoms with Gasteiger partial charge in [0.05, 0.1) is 33.8 Å². The Morgan fingerprint density at radius 1 is 1.24 bits per heavy atom. The first kappa shape index (κ1) is 18.1. The third kappa shape index (κ3) is 2.88. The number of rotatable bonds is 3. The highest BCUT2D eigenvalue weighted by Gasteiger charge is 2.30. The highest BCUT2D eigenvalue weighted by Crippen LogP contribution is 2.32. The summed E-state index contributed by atoms with van der Waals surface area (Å²) in [4.78, 5) is 21.6. The van der Waals surface area contributed by atoms with Gasteiger partial charge in [0.2, 0.25) is 0 Å². The molecule has 0 fully saturated rings. The molecular weight excluding hydrogens is 382 g/mol. The van der Waals surface area contributed by atoms with Crippen LogP contribution in [0.2, 0.25) is 0 Å². The predicted molar refractivity (Wildman–Crippen MR) is 115 cm³/mol. The summed E-state index contributed by atoms with van der Waals surface area (Å²) in [6.07, 6.45) is 3.87. The summed E-state index contributed by atoms with van der Waals surface area (Å²) < 4.78 is 4.12. The van der Waals surface area contributed by atoms with Gasteiger partial charge in [0, 0.05) is 31.0 Å². The Morgan fingerprint density at radius 3 is 2.86 bits per heavy atom. The lowest BCUT2D eigenvalue weighted by atomic mass is 10.1. The summed E-state index contributed by atoms with van der Waals surface area (Å²) in [5.41, 5.74) is 3.44. The van der Waals surface area contributed by atoms with Crippen LogP contribution in [0, 0.1) is 0 Å². The number of thiophene rings is 1. The van der Waals surface area contributed by atoms with E-state index in [1.54, 1.807) is 17.5 Å². The SMILES string of the molecule is CC(C)n1ncc2c(C(=O)N3CCn4cccc4[C@H]3C)cc(-c3cccs3)nc21. The van der Waals surface area contributed by atoms with Gasteiger partial charge in [-0.1, -0.05) is 6.07 Å². The highest BCUT2D eigenvalue weighted by atomic mass is 32.1. The van der Waals surface area contributed by atoms with Crippen molar-refractivity contribution in [1.82, 2.24) is 24.2 Å². The van der Waals surface area contributed by atoms with Crippen LogP contribution in [-0.2, 0) is 6.54 Å². The maximum atomic E-state index is 13.7. The topological polar surface area (TPSA) is 56.0 Å². The molecule has 0 N–H and O–H groups in total. The zero-order chi connectivity index (χ0) is 20.1. The van der Waals surface area contributed by atoms with Crippen molar-refractivity contribution in [1.29, 1.82) is 0 Å². The fourth-order valence-electron chi connectivity index (χ4n) is 4.13. The molecule has 29 heavy (non-hydrogen) atoms. The van der Waals surface area contributed by atoms with Crippen molar-refractivity contribution in [3.05, 3.63) is 59.4 Å². The molecule has 0 bridgehead atoms. The molecule has 1 aliphatic heterocycles. The lowest BCUT2D eigenvalue weighted by molar-refractivity contribution is 0.0646. The average molecular weight is 406 g/mol. The maximum absolute atomic E-state index is 13.7. The normalized spacial score (nSPS) is 16.6. The van der Waals surface area contributed by atoms with Crippen molar-refractivity contribution in [2.45, 2.75) is 39.4 Å². The molecule has 1 atom stereocenters. The first-order chi connectivity index (χ1) is 14.0. The number of carbonyl (C=O) groups excluding carboxylic acids is 1. The van der Waals surface area contributed by atoms with Crippen LogP contribution in [0.1, 0.15) is 48.9 Å². The molecule has 4 aromatic rings.